The molecule has 26 heavy (non-hydrogen) atoms. The molecule has 4 aliphatic rings. The van der Waals surface area contributed by atoms with Gasteiger partial charge >= 0.3 is 0 Å². The molecule has 0 aliphatic carbocycles. The Morgan fingerprint density at radius 3 is 2.62 bits per heavy atom. The molecule has 0 aromatic heterocycles. The van der Waals surface area contributed by atoms with Crippen molar-refractivity contribution in [2.75, 3.05) is 30.4 Å². The van der Waals surface area contributed by atoms with Crippen molar-refractivity contribution in [2.45, 2.75) is 88.1 Å². The predicted octanol–water partition coefficient (Wildman–Crippen LogP) is 4.43. The summed E-state index contributed by atoms with van der Waals surface area (Å²) >= 11 is 2.15. The van der Waals surface area contributed by atoms with E-state index in [0.29, 0.717) is 17.5 Å². The summed E-state index contributed by atoms with van der Waals surface area (Å²) in [5.41, 5.74) is 0. The number of hydrogen-bond donors (Lipinski definition) is 0. The average molecular weight is 400 g/mol. The lowest BCUT2D eigenvalue weighted by molar-refractivity contribution is -0.0477. The molecule has 0 radical (unpaired) electrons. The standard InChI is InChI=1S/C21H37NO2S2/c23-26-15-7-4-10-21(26)22-12-5-1-2-8-19(22)17-11-14-25-16-18(17)20-9-3-6-13-24-20/h17-21H,1-16H2. The van der Waals surface area contributed by atoms with Gasteiger partial charge < -0.3 is 4.74 Å². The van der Waals surface area contributed by atoms with Crippen molar-refractivity contribution in [3.8, 4) is 0 Å². The van der Waals surface area contributed by atoms with Crippen LogP contribution in [0, 0.1) is 11.8 Å². The van der Waals surface area contributed by atoms with Gasteiger partial charge in [0.05, 0.1) is 11.5 Å². The highest BCUT2D eigenvalue weighted by atomic mass is 32.2. The molecule has 0 aromatic rings. The fourth-order valence-electron chi connectivity index (χ4n) is 5.86. The van der Waals surface area contributed by atoms with Gasteiger partial charge in [0.2, 0.25) is 0 Å². The summed E-state index contributed by atoms with van der Waals surface area (Å²) in [4.78, 5) is 2.76. The van der Waals surface area contributed by atoms with E-state index < -0.39 is 10.8 Å². The summed E-state index contributed by atoms with van der Waals surface area (Å²) in [7, 11) is -0.635. The van der Waals surface area contributed by atoms with Crippen LogP contribution in [0.1, 0.15) is 70.6 Å². The lowest BCUT2D eigenvalue weighted by Gasteiger charge is -2.47. The summed E-state index contributed by atoms with van der Waals surface area (Å²) in [5.74, 6) is 5.01. The summed E-state index contributed by atoms with van der Waals surface area (Å²) in [5, 5.41) is 0.342. The number of ether oxygens (including phenoxy) is 1. The lowest BCUT2D eigenvalue weighted by atomic mass is 9.77. The smallest absolute Gasteiger partial charge is 0.0862 e. The third-order valence-corrected chi connectivity index (χ3v) is 10.2. The fourth-order valence-corrected chi connectivity index (χ4v) is 8.96. The Morgan fingerprint density at radius 2 is 1.77 bits per heavy atom. The highest BCUT2D eigenvalue weighted by molar-refractivity contribution is 7.99. The zero-order chi connectivity index (χ0) is 17.8. The SMILES string of the molecule is O=S1CCCCC1N1CCCCCC1C1CCSCC1C1CCCCO1. The molecule has 6 unspecified atom stereocenters. The molecular formula is C21H37NO2S2. The first-order valence-electron chi connectivity index (χ1n) is 11.2. The van der Waals surface area contributed by atoms with Crippen LogP contribution < -0.4 is 0 Å². The van der Waals surface area contributed by atoms with Gasteiger partial charge in [-0.15, -0.1) is 0 Å². The minimum absolute atomic E-state index is 0.342. The summed E-state index contributed by atoms with van der Waals surface area (Å²) < 4.78 is 19.1. The van der Waals surface area contributed by atoms with Crippen molar-refractivity contribution < 1.29 is 8.95 Å². The van der Waals surface area contributed by atoms with Crippen LogP contribution >= 0.6 is 11.8 Å². The quantitative estimate of drug-likeness (QED) is 0.702. The fraction of sp³-hybridized carbons (Fsp3) is 1.00. The van der Waals surface area contributed by atoms with Gasteiger partial charge in [0.25, 0.3) is 0 Å². The van der Waals surface area contributed by atoms with Crippen molar-refractivity contribution >= 4 is 22.6 Å². The third-order valence-electron chi connectivity index (χ3n) is 7.20. The molecule has 4 fully saturated rings. The van der Waals surface area contributed by atoms with Gasteiger partial charge in [0.15, 0.2) is 0 Å². The highest BCUT2D eigenvalue weighted by Crippen LogP contribution is 2.42. The van der Waals surface area contributed by atoms with E-state index in [1.54, 1.807) is 0 Å². The van der Waals surface area contributed by atoms with Crippen LogP contribution in [0.5, 0.6) is 0 Å². The molecule has 3 nitrogen and oxygen atoms in total. The van der Waals surface area contributed by atoms with Crippen LogP contribution in [0.2, 0.25) is 0 Å². The van der Waals surface area contributed by atoms with Crippen molar-refractivity contribution in [1.29, 1.82) is 0 Å². The molecule has 0 spiro atoms. The minimum atomic E-state index is -0.635. The lowest BCUT2D eigenvalue weighted by Crippen LogP contribution is -2.53. The molecule has 4 saturated heterocycles. The first kappa shape index (κ1) is 19.7. The average Bonchev–Trinajstić information content (AvgIpc) is 2.95. The van der Waals surface area contributed by atoms with Gasteiger partial charge in [-0.1, -0.05) is 19.3 Å². The van der Waals surface area contributed by atoms with E-state index in [-0.39, 0.29) is 0 Å². The zero-order valence-electron chi connectivity index (χ0n) is 16.3. The number of likely N-dealkylation sites (tertiary alicyclic amines) is 1. The number of hydrogen-bond acceptors (Lipinski definition) is 4. The Balaban J connectivity index is 1.54. The van der Waals surface area contributed by atoms with E-state index in [1.165, 1.54) is 82.3 Å². The number of thioether (sulfide) groups is 1. The first-order chi connectivity index (χ1) is 12.8. The van der Waals surface area contributed by atoms with E-state index in [2.05, 4.69) is 16.7 Å². The van der Waals surface area contributed by atoms with Gasteiger partial charge in [0, 0.05) is 29.2 Å². The van der Waals surface area contributed by atoms with E-state index in [1.807, 2.05) is 0 Å². The Kier molecular flexibility index (Phi) is 7.40. The highest BCUT2D eigenvalue weighted by Gasteiger charge is 2.43. The molecule has 6 atom stereocenters. The van der Waals surface area contributed by atoms with Crippen molar-refractivity contribution in [3.63, 3.8) is 0 Å². The Hall–Kier alpha value is 0.420. The molecular weight excluding hydrogens is 362 g/mol. The molecule has 0 N–H and O–H groups in total. The number of nitrogens with zero attached hydrogens (tertiary/aromatic N) is 1. The van der Waals surface area contributed by atoms with Crippen LogP contribution in [0.15, 0.2) is 0 Å². The van der Waals surface area contributed by atoms with Gasteiger partial charge in [0.1, 0.15) is 0 Å². The monoisotopic (exact) mass is 399 g/mol. The largest absolute Gasteiger partial charge is 0.378 e. The Labute approximate surface area is 166 Å². The maximum absolute atomic E-state index is 12.9. The van der Waals surface area contributed by atoms with Gasteiger partial charge in [-0.05, 0) is 81.3 Å². The third kappa shape index (κ3) is 4.52. The maximum Gasteiger partial charge on any atom is 0.0862 e. The second-order valence-electron chi connectivity index (χ2n) is 8.79. The summed E-state index contributed by atoms with van der Waals surface area (Å²) in [6, 6.07) is 0.654. The normalized spacial score (nSPS) is 43.7. The van der Waals surface area contributed by atoms with Crippen LogP contribution in [0.3, 0.4) is 0 Å². The van der Waals surface area contributed by atoms with Crippen molar-refractivity contribution in [3.05, 3.63) is 0 Å². The molecule has 4 aliphatic heterocycles. The zero-order valence-corrected chi connectivity index (χ0v) is 17.9. The molecule has 0 aromatic carbocycles. The first-order valence-corrected chi connectivity index (χ1v) is 13.7. The topological polar surface area (TPSA) is 29.5 Å². The molecule has 4 rings (SSSR count). The van der Waals surface area contributed by atoms with Gasteiger partial charge in [-0.25, -0.2) is 0 Å². The second kappa shape index (κ2) is 9.76. The molecule has 0 amide bonds. The molecule has 4 heterocycles. The van der Waals surface area contributed by atoms with E-state index >= 15 is 0 Å². The molecule has 0 saturated carbocycles. The van der Waals surface area contributed by atoms with E-state index in [0.717, 1.165) is 30.6 Å². The predicted molar refractivity (Wildman–Crippen MR) is 112 cm³/mol. The molecule has 150 valence electrons. The number of rotatable bonds is 3. The molecule has 5 heteroatoms. The van der Waals surface area contributed by atoms with Crippen LogP contribution in [0.4, 0.5) is 0 Å². The Morgan fingerprint density at radius 1 is 0.885 bits per heavy atom. The molecule has 0 bridgehead atoms. The minimum Gasteiger partial charge on any atom is -0.378 e. The van der Waals surface area contributed by atoms with Crippen LogP contribution in [0.25, 0.3) is 0 Å². The maximum atomic E-state index is 12.9. The van der Waals surface area contributed by atoms with Gasteiger partial charge in [-0.2, -0.15) is 11.8 Å². The van der Waals surface area contributed by atoms with Crippen molar-refractivity contribution in [1.82, 2.24) is 4.90 Å². The summed E-state index contributed by atoms with van der Waals surface area (Å²) in [6.45, 7) is 2.16. The summed E-state index contributed by atoms with van der Waals surface area (Å²) in [6.07, 6.45) is 14.6. The Bertz CT molecular complexity index is 469. The van der Waals surface area contributed by atoms with Gasteiger partial charge in [-0.3, -0.25) is 9.11 Å². The van der Waals surface area contributed by atoms with E-state index in [9.17, 15) is 4.21 Å². The van der Waals surface area contributed by atoms with Crippen molar-refractivity contribution in [2.24, 2.45) is 11.8 Å². The van der Waals surface area contributed by atoms with Crippen LogP contribution in [-0.4, -0.2) is 57.0 Å². The van der Waals surface area contributed by atoms with Crippen LogP contribution in [-0.2, 0) is 15.5 Å². The van der Waals surface area contributed by atoms with E-state index in [4.69, 9.17) is 4.74 Å². The second-order valence-corrected chi connectivity index (χ2v) is 11.6.